The van der Waals surface area contributed by atoms with Gasteiger partial charge in [-0.15, -0.1) is 0 Å². The van der Waals surface area contributed by atoms with Crippen molar-refractivity contribution in [3.8, 4) is 11.5 Å². The molecule has 1 atom stereocenters. The fourth-order valence-corrected chi connectivity index (χ4v) is 4.01. The molecule has 1 saturated heterocycles. The molecule has 8 nitrogen and oxygen atoms in total. The van der Waals surface area contributed by atoms with E-state index < -0.39 is 17.7 Å². The molecule has 2 N–H and O–H groups in total. The maximum Gasteiger partial charge on any atom is 0.269 e. The van der Waals surface area contributed by atoms with Gasteiger partial charge in [-0.05, 0) is 43.5 Å². The molecule has 1 heterocycles. The topological polar surface area (TPSA) is 97.0 Å². The highest BCUT2D eigenvalue weighted by Crippen LogP contribution is 2.32. The molecule has 0 saturated carbocycles. The second-order valence-corrected chi connectivity index (χ2v) is 8.38. The molecule has 0 aliphatic carbocycles. The smallest absolute Gasteiger partial charge is 0.269 e. The Morgan fingerprint density at radius 1 is 1.00 bits per heavy atom. The summed E-state index contributed by atoms with van der Waals surface area (Å²) in [6, 6.07) is 18.3. The van der Waals surface area contributed by atoms with Crippen LogP contribution in [0.4, 0.5) is 5.69 Å². The van der Waals surface area contributed by atoms with Crippen molar-refractivity contribution in [1.29, 1.82) is 0 Å². The van der Waals surface area contributed by atoms with Crippen molar-refractivity contribution >= 4 is 34.2 Å². The average Bonchev–Trinajstić information content (AvgIpc) is 3.23. The summed E-state index contributed by atoms with van der Waals surface area (Å²) >= 11 is 0. The Morgan fingerprint density at radius 2 is 1.76 bits per heavy atom. The zero-order valence-electron chi connectivity index (χ0n) is 19.3. The van der Waals surface area contributed by atoms with Gasteiger partial charge in [-0.1, -0.05) is 36.4 Å². The molecule has 1 aliphatic heterocycles. The maximum absolute atomic E-state index is 12.7. The van der Waals surface area contributed by atoms with E-state index in [1.165, 1.54) is 7.11 Å². The maximum atomic E-state index is 12.7. The van der Waals surface area contributed by atoms with Crippen LogP contribution in [0.15, 0.2) is 60.7 Å². The molecule has 3 aromatic rings. The Morgan fingerprint density at radius 3 is 2.53 bits per heavy atom. The van der Waals surface area contributed by atoms with Gasteiger partial charge in [-0.3, -0.25) is 25.2 Å². The van der Waals surface area contributed by atoms with E-state index in [-0.39, 0.29) is 25.0 Å². The van der Waals surface area contributed by atoms with Crippen LogP contribution in [-0.4, -0.2) is 37.5 Å². The van der Waals surface area contributed by atoms with Crippen LogP contribution in [0.3, 0.4) is 0 Å². The van der Waals surface area contributed by atoms with Gasteiger partial charge < -0.3 is 14.4 Å². The Hall–Kier alpha value is -4.07. The highest BCUT2D eigenvalue weighted by Gasteiger charge is 2.36. The summed E-state index contributed by atoms with van der Waals surface area (Å²) in [6.45, 7) is 4.03. The minimum absolute atomic E-state index is 0.0459. The Kier molecular flexibility index (Phi) is 6.67. The van der Waals surface area contributed by atoms with Gasteiger partial charge in [0.05, 0.1) is 24.8 Å². The second kappa shape index (κ2) is 9.82. The molecule has 34 heavy (non-hydrogen) atoms. The van der Waals surface area contributed by atoms with Crippen molar-refractivity contribution in [2.45, 2.75) is 26.4 Å². The lowest BCUT2D eigenvalue weighted by Gasteiger charge is -2.19. The van der Waals surface area contributed by atoms with E-state index in [2.05, 4.69) is 10.9 Å². The standard InChI is InChI=1S/C26H27N3O5/c1-16(2)34-22-12-11-18(13-23(22)33-3)25(31)27-28-26(32)19-14-24(30)29(15-19)21-10-6-8-17-7-4-5-9-20(17)21/h4-13,16,19H,14-15H2,1-3H3,(H,27,31)(H,28,32). The summed E-state index contributed by atoms with van der Waals surface area (Å²) in [5.74, 6) is -0.693. The summed E-state index contributed by atoms with van der Waals surface area (Å²) in [5.41, 5.74) is 5.94. The van der Waals surface area contributed by atoms with Crippen LogP contribution in [0.1, 0.15) is 30.6 Å². The number of methoxy groups -OCH3 is 1. The molecule has 3 aromatic carbocycles. The Bertz CT molecular complexity index is 1230. The Balaban J connectivity index is 1.40. The van der Waals surface area contributed by atoms with E-state index in [4.69, 9.17) is 9.47 Å². The van der Waals surface area contributed by atoms with E-state index in [0.29, 0.717) is 17.1 Å². The van der Waals surface area contributed by atoms with E-state index >= 15 is 0 Å². The van der Waals surface area contributed by atoms with Crippen LogP contribution in [-0.2, 0) is 9.59 Å². The van der Waals surface area contributed by atoms with Gasteiger partial charge in [0.15, 0.2) is 11.5 Å². The van der Waals surface area contributed by atoms with Gasteiger partial charge in [-0.2, -0.15) is 0 Å². The lowest BCUT2D eigenvalue weighted by molar-refractivity contribution is -0.126. The first-order chi connectivity index (χ1) is 16.4. The number of nitrogens with one attached hydrogen (secondary N) is 2. The molecule has 0 aromatic heterocycles. The van der Waals surface area contributed by atoms with E-state index in [9.17, 15) is 14.4 Å². The van der Waals surface area contributed by atoms with E-state index in [1.807, 2.05) is 56.3 Å². The number of hydrogen-bond donors (Lipinski definition) is 2. The van der Waals surface area contributed by atoms with Crippen molar-refractivity contribution in [1.82, 2.24) is 10.9 Å². The number of hydrazine groups is 1. The van der Waals surface area contributed by atoms with Crippen molar-refractivity contribution in [2.24, 2.45) is 5.92 Å². The normalized spacial score (nSPS) is 15.5. The molecule has 176 valence electrons. The number of nitrogens with zero attached hydrogens (tertiary/aromatic N) is 1. The lowest BCUT2D eigenvalue weighted by Crippen LogP contribution is -2.45. The van der Waals surface area contributed by atoms with Gasteiger partial charge >= 0.3 is 0 Å². The lowest BCUT2D eigenvalue weighted by atomic mass is 10.1. The molecule has 0 radical (unpaired) electrons. The minimum Gasteiger partial charge on any atom is -0.493 e. The van der Waals surface area contributed by atoms with Crippen molar-refractivity contribution in [3.63, 3.8) is 0 Å². The average molecular weight is 462 g/mol. The first-order valence-corrected chi connectivity index (χ1v) is 11.1. The summed E-state index contributed by atoms with van der Waals surface area (Å²) in [4.78, 5) is 39.6. The molecular formula is C26H27N3O5. The van der Waals surface area contributed by atoms with Crippen LogP contribution >= 0.6 is 0 Å². The third-order valence-electron chi connectivity index (χ3n) is 5.64. The van der Waals surface area contributed by atoms with Crippen LogP contribution in [0.5, 0.6) is 11.5 Å². The molecule has 1 fully saturated rings. The molecule has 3 amide bonds. The molecule has 8 heteroatoms. The van der Waals surface area contributed by atoms with E-state index in [0.717, 1.165) is 16.5 Å². The first kappa shape index (κ1) is 23.1. The number of amides is 3. The van der Waals surface area contributed by atoms with E-state index in [1.54, 1.807) is 23.1 Å². The predicted molar refractivity (Wildman–Crippen MR) is 129 cm³/mol. The summed E-state index contributed by atoms with van der Waals surface area (Å²) in [6.07, 6.45) is 0.0235. The third-order valence-corrected chi connectivity index (χ3v) is 5.64. The number of rotatable bonds is 6. The largest absolute Gasteiger partial charge is 0.493 e. The van der Waals surface area contributed by atoms with Gasteiger partial charge in [0, 0.05) is 23.9 Å². The quantitative estimate of drug-likeness (QED) is 0.548. The Labute approximate surface area is 197 Å². The van der Waals surface area contributed by atoms with Gasteiger partial charge in [0.2, 0.25) is 11.8 Å². The molecule has 1 aliphatic rings. The minimum atomic E-state index is -0.580. The molecule has 4 rings (SSSR count). The predicted octanol–water partition coefficient (Wildman–Crippen LogP) is 3.45. The van der Waals surface area contributed by atoms with Crippen LogP contribution in [0.25, 0.3) is 10.8 Å². The molecule has 1 unspecified atom stereocenters. The SMILES string of the molecule is COc1cc(C(=O)NNC(=O)C2CC(=O)N(c3cccc4ccccc34)C2)ccc1OC(C)C. The fraction of sp³-hybridized carbons (Fsp3) is 0.269. The zero-order valence-corrected chi connectivity index (χ0v) is 19.3. The number of benzene rings is 3. The second-order valence-electron chi connectivity index (χ2n) is 8.38. The number of anilines is 1. The van der Waals surface area contributed by atoms with Gasteiger partial charge in [0.1, 0.15) is 0 Å². The summed E-state index contributed by atoms with van der Waals surface area (Å²) in [5, 5.41) is 1.97. The fourth-order valence-electron chi connectivity index (χ4n) is 4.01. The summed E-state index contributed by atoms with van der Waals surface area (Å²) < 4.78 is 11.0. The highest BCUT2D eigenvalue weighted by atomic mass is 16.5. The van der Waals surface area contributed by atoms with Crippen LogP contribution < -0.4 is 25.2 Å². The van der Waals surface area contributed by atoms with Crippen LogP contribution in [0.2, 0.25) is 0 Å². The van der Waals surface area contributed by atoms with Crippen molar-refractivity contribution in [3.05, 3.63) is 66.2 Å². The number of ether oxygens (including phenoxy) is 2. The number of carbonyl (C=O) groups is 3. The zero-order chi connectivity index (χ0) is 24.2. The highest BCUT2D eigenvalue weighted by molar-refractivity contribution is 6.07. The van der Waals surface area contributed by atoms with Crippen molar-refractivity contribution < 1.29 is 23.9 Å². The first-order valence-electron chi connectivity index (χ1n) is 11.1. The molecule has 0 bridgehead atoms. The number of carbonyl (C=O) groups excluding carboxylic acids is 3. The third kappa shape index (κ3) is 4.80. The molecular weight excluding hydrogens is 434 g/mol. The van der Waals surface area contributed by atoms with Crippen LogP contribution in [0, 0.1) is 5.92 Å². The van der Waals surface area contributed by atoms with Gasteiger partial charge in [0.25, 0.3) is 5.91 Å². The van der Waals surface area contributed by atoms with Crippen molar-refractivity contribution in [2.75, 3.05) is 18.6 Å². The van der Waals surface area contributed by atoms with Gasteiger partial charge in [-0.25, -0.2) is 0 Å². The molecule has 0 spiro atoms. The number of fused-ring (bicyclic) bond motifs is 1. The summed E-state index contributed by atoms with van der Waals surface area (Å²) in [7, 11) is 1.49. The number of hydrogen-bond acceptors (Lipinski definition) is 5. The monoisotopic (exact) mass is 461 g/mol.